The molecule has 2 aromatic carbocycles. The SMILES string of the molecule is S=c1oc2ccc(Br)cc2c(=S)n1-c1ccc(Cl)c(Cl)c1. The van der Waals surface area contributed by atoms with Crippen LogP contribution in [-0.4, -0.2) is 4.57 Å². The van der Waals surface area contributed by atoms with Gasteiger partial charge in [0.1, 0.15) is 10.2 Å². The van der Waals surface area contributed by atoms with Crippen molar-refractivity contribution in [3.05, 3.63) is 60.4 Å². The third-order valence-electron chi connectivity index (χ3n) is 2.92. The number of hydrogen-bond donors (Lipinski definition) is 0. The van der Waals surface area contributed by atoms with Crippen molar-refractivity contribution in [3.8, 4) is 5.69 Å². The number of rotatable bonds is 1. The molecule has 0 saturated heterocycles. The number of fused-ring (bicyclic) bond motifs is 1. The Bertz CT molecular complexity index is 981. The highest BCUT2D eigenvalue weighted by molar-refractivity contribution is 9.10. The van der Waals surface area contributed by atoms with Crippen LogP contribution < -0.4 is 0 Å². The number of benzene rings is 2. The Morgan fingerprint density at radius 1 is 1.00 bits per heavy atom. The molecule has 106 valence electrons. The lowest BCUT2D eigenvalue weighted by Gasteiger charge is -2.09. The van der Waals surface area contributed by atoms with Gasteiger partial charge in [-0.15, -0.1) is 0 Å². The van der Waals surface area contributed by atoms with Crippen molar-refractivity contribution in [2.45, 2.75) is 0 Å². The summed E-state index contributed by atoms with van der Waals surface area (Å²) >= 11 is 26.3. The maximum Gasteiger partial charge on any atom is 0.274 e. The summed E-state index contributed by atoms with van der Waals surface area (Å²) in [5.41, 5.74) is 1.36. The van der Waals surface area contributed by atoms with E-state index in [1.807, 2.05) is 18.2 Å². The fourth-order valence-electron chi connectivity index (χ4n) is 1.95. The van der Waals surface area contributed by atoms with E-state index in [1.54, 1.807) is 22.8 Å². The fourth-order valence-corrected chi connectivity index (χ4v) is 3.29. The second-order valence-corrected chi connectivity index (χ2v) is 6.71. The standard InChI is InChI=1S/C14H6BrCl2NOS2/c15-7-1-4-12-9(5-7)13(20)18(14(21)19-12)8-2-3-10(16)11(17)6-8/h1-6H. The monoisotopic (exact) mass is 417 g/mol. The zero-order valence-electron chi connectivity index (χ0n) is 10.3. The van der Waals surface area contributed by atoms with E-state index in [4.69, 9.17) is 52.1 Å². The van der Waals surface area contributed by atoms with Gasteiger partial charge < -0.3 is 4.42 Å². The van der Waals surface area contributed by atoms with Crippen molar-refractivity contribution in [1.29, 1.82) is 0 Å². The largest absolute Gasteiger partial charge is 0.431 e. The minimum atomic E-state index is 0.258. The van der Waals surface area contributed by atoms with Crippen LogP contribution >= 0.6 is 63.6 Å². The van der Waals surface area contributed by atoms with Crippen LogP contribution in [0.15, 0.2) is 45.3 Å². The number of halogens is 3. The van der Waals surface area contributed by atoms with Crippen LogP contribution in [0.25, 0.3) is 16.7 Å². The second-order valence-electron chi connectivity index (χ2n) is 4.25. The molecule has 0 radical (unpaired) electrons. The highest BCUT2D eigenvalue weighted by Gasteiger charge is 2.09. The Morgan fingerprint density at radius 3 is 2.48 bits per heavy atom. The molecule has 0 atom stereocenters. The molecule has 1 heterocycles. The normalized spacial score (nSPS) is 11.0. The average Bonchev–Trinajstić information content (AvgIpc) is 2.44. The lowest BCUT2D eigenvalue weighted by molar-refractivity contribution is 0.537. The molecule has 7 heteroatoms. The zero-order chi connectivity index (χ0) is 15.1. The zero-order valence-corrected chi connectivity index (χ0v) is 15.0. The van der Waals surface area contributed by atoms with E-state index < -0.39 is 0 Å². The first kappa shape index (κ1) is 15.2. The van der Waals surface area contributed by atoms with Gasteiger partial charge >= 0.3 is 0 Å². The van der Waals surface area contributed by atoms with Crippen LogP contribution in [-0.2, 0) is 0 Å². The summed E-state index contributed by atoms with van der Waals surface area (Å²) in [6, 6.07) is 10.8. The molecule has 0 spiro atoms. The van der Waals surface area contributed by atoms with Crippen LogP contribution in [0, 0.1) is 9.48 Å². The van der Waals surface area contributed by atoms with E-state index in [1.165, 1.54) is 0 Å². The topological polar surface area (TPSA) is 18.1 Å². The van der Waals surface area contributed by atoms with Crippen LogP contribution in [0.2, 0.25) is 10.0 Å². The molecule has 0 unspecified atom stereocenters. The van der Waals surface area contributed by atoms with E-state index in [9.17, 15) is 0 Å². The molecule has 0 aliphatic heterocycles. The van der Waals surface area contributed by atoms with E-state index in [-0.39, 0.29) is 4.84 Å². The molecule has 0 aliphatic carbocycles. The van der Waals surface area contributed by atoms with Gasteiger partial charge in [0.15, 0.2) is 0 Å². The maximum absolute atomic E-state index is 6.06. The molecule has 1 aromatic heterocycles. The minimum absolute atomic E-state index is 0.258. The van der Waals surface area contributed by atoms with Crippen molar-refractivity contribution in [2.75, 3.05) is 0 Å². The van der Waals surface area contributed by atoms with Gasteiger partial charge in [-0.05, 0) is 48.6 Å². The summed E-state index contributed by atoms with van der Waals surface area (Å²) in [7, 11) is 0. The third kappa shape index (κ3) is 2.81. The minimum Gasteiger partial charge on any atom is -0.431 e. The lowest BCUT2D eigenvalue weighted by atomic mass is 10.2. The molecule has 2 nitrogen and oxygen atoms in total. The van der Waals surface area contributed by atoms with Crippen LogP contribution in [0.4, 0.5) is 0 Å². The number of nitrogens with zero attached hydrogens (tertiary/aromatic N) is 1. The first-order valence-corrected chi connectivity index (χ1v) is 8.15. The predicted molar refractivity (Wildman–Crippen MR) is 94.9 cm³/mol. The van der Waals surface area contributed by atoms with Gasteiger partial charge in [0.25, 0.3) is 4.84 Å². The molecule has 0 amide bonds. The summed E-state index contributed by atoms with van der Waals surface area (Å²) in [6.07, 6.45) is 0. The third-order valence-corrected chi connectivity index (χ3v) is 4.82. The summed E-state index contributed by atoms with van der Waals surface area (Å²) in [5.74, 6) is 0. The van der Waals surface area contributed by atoms with Crippen LogP contribution in [0.5, 0.6) is 0 Å². The molecule has 0 fully saturated rings. The van der Waals surface area contributed by atoms with Gasteiger partial charge in [-0.2, -0.15) is 0 Å². The van der Waals surface area contributed by atoms with Gasteiger partial charge in [0.05, 0.1) is 21.1 Å². The summed E-state index contributed by atoms with van der Waals surface area (Å²) in [5, 5.41) is 1.69. The number of aromatic nitrogens is 1. The van der Waals surface area contributed by atoms with E-state index >= 15 is 0 Å². The summed E-state index contributed by atoms with van der Waals surface area (Å²) in [6.45, 7) is 0. The fraction of sp³-hybridized carbons (Fsp3) is 0. The van der Waals surface area contributed by atoms with Gasteiger partial charge in [-0.25, -0.2) is 0 Å². The molecular formula is C14H6BrCl2NOS2. The molecule has 3 aromatic rings. The average molecular weight is 419 g/mol. The highest BCUT2D eigenvalue weighted by atomic mass is 79.9. The van der Waals surface area contributed by atoms with E-state index in [2.05, 4.69) is 15.9 Å². The van der Waals surface area contributed by atoms with Gasteiger partial charge in [0, 0.05) is 4.47 Å². The molecule has 0 aliphatic rings. The molecule has 0 bridgehead atoms. The van der Waals surface area contributed by atoms with Gasteiger partial charge in [0.2, 0.25) is 0 Å². The first-order valence-electron chi connectivity index (χ1n) is 5.78. The van der Waals surface area contributed by atoms with Crippen molar-refractivity contribution in [1.82, 2.24) is 4.57 Å². The Balaban J connectivity index is 2.39. The lowest BCUT2D eigenvalue weighted by Crippen LogP contribution is -1.99. The maximum atomic E-state index is 6.06. The highest BCUT2D eigenvalue weighted by Crippen LogP contribution is 2.27. The van der Waals surface area contributed by atoms with Crippen LogP contribution in [0.3, 0.4) is 0 Å². The Morgan fingerprint density at radius 2 is 1.76 bits per heavy atom. The molecule has 21 heavy (non-hydrogen) atoms. The smallest absolute Gasteiger partial charge is 0.274 e. The Labute approximate surface area is 149 Å². The van der Waals surface area contributed by atoms with Crippen molar-refractivity contribution in [2.24, 2.45) is 0 Å². The summed E-state index contributed by atoms with van der Waals surface area (Å²) in [4.78, 5) is 0.258. The van der Waals surface area contributed by atoms with E-state index in [0.717, 1.165) is 9.86 Å². The second kappa shape index (κ2) is 5.82. The molecule has 0 saturated carbocycles. The Kier molecular flexibility index (Phi) is 4.21. The van der Waals surface area contributed by atoms with Crippen molar-refractivity contribution < 1.29 is 4.42 Å². The van der Waals surface area contributed by atoms with Gasteiger partial charge in [-0.3, -0.25) is 4.57 Å². The van der Waals surface area contributed by atoms with Gasteiger partial charge in [-0.1, -0.05) is 51.3 Å². The first-order chi connectivity index (χ1) is 9.97. The molecular weight excluding hydrogens is 413 g/mol. The quantitative estimate of drug-likeness (QED) is 0.407. The Hall–Kier alpha value is -0.720. The number of hydrogen-bond acceptors (Lipinski definition) is 3. The predicted octanol–water partition coefficient (Wildman–Crippen LogP) is 6.75. The summed E-state index contributed by atoms with van der Waals surface area (Å²) < 4.78 is 8.79. The van der Waals surface area contributed by atoms with Crippen molar-refractivity contribution >= 4 is 74.5 Å². The van der Waals surface area contributed by atoms with Crippen LogP contribution in [0.1, 0.15) is 0 Å². The van der Waals surface area contributed by atoms with E-state index in [0.29, 0.717) is 26.0 Å². The molecule has 0 N–H and O–H groups in total. The van der Waals surface area contributed by atoms with Crippen molar-refractivity contribution in [3.63, 3.8) is 0 Å². The molecule has 3 rings (SSSR count).